The van der Waals surface area contributed by atoms with Gasteiger partial charge in [0.25, 0.3) is 5.91 Å². The fourth-order valence-electron chi connectivity index (χ4n) is 1.48. The monoisotopic (exact) mass is 269 g/mol. The molecule has 2 aromatic rings. The van der Waals surface area contributed by atoms with Crippen LogP contribution < -0.4 is 11.1 Å². The first-order valence-corrected chi connectivity index (χ1v) is 5.91. The van der Waals surface area contributed by atoms with Crippen LogP contribution in [0, 0.1) is 17.7 Å². The molecule has 0 saturated heterocycles. The van der Waals surface area contributed by atoms with E-state index in [0.717, 1.165) is 0 Å². The van der Waals surface area contributed by atoms with Crippen LogP contribution in [0.25, 0.3) is 0 Å². The van der Waals surface area contributed by atoms with Gasteiger partial charge in [0.2, 0.25) is 0 Å². The molecule has 0 unspecified atom stereocenters. The molecule has 100 valence electrons. The smallest absolute Gasteiger partial charge is 0.274 e. The molecular weight excluding hydrogens is 257 g/mol. The van der Waals surface area contributed by atoms with E-state index in [4.69, 9.17) is 5.73 Å². The van der Waals surface area contributed by atoms with Gasteiger partial charge in [-0.15, -0.1) is 0 Å². The number of amides is 1. The standard InChI is InChI=1S/C15H12FN3O/c16-12-4-6-13(7-5-12)19-15(20)14-8-3-11(10-18-14)2-1-9-17/h3-8,10H,9,17H2,(H,19,20). The lowest BCUT2D eigenvalue weighted by atomic mass is 10.2. The molecule has 0 saturated carbocycles. The van der Waals surface area contributed by atoms with Crippen LogP contribution in [0.4, 0.5) is 10.1 Å². The lowest BCUT2D eigenvalue weighted by Crippen LogP contribution is -2.13. The Labute approximate surface area is 115 Å². The van der Waals surface area contributed by atoms with Gasteiger partial charge in [0.15, 0.2) is 0 Å². The van der Waals surface area contributed by atoms with E-state index >= 15 is 0 Å². The Hall–Kier alpha value is -2.71. The zero-order valence-corrected chi connectivity index (χ0v) is 10.6. The Morgan fingerprint density at radius 3 is 2.60 bits per heavy atom. The summed E-state index contributed by atoms with van der Waals surface area (Å²) in [5.41, 5.74) is 6.72. The summed E-state index contributed by atoms with van der Waals surface area (Å²) in [4.78, 5) is 15.9. The van der Waals surface area contributed by atoms with Crippen molar-refractivity contribution in [2.24, 2.45) is 5.73 Å². The molecule has 0 aliphatic carbocycles. The summed E-state index contributed by atoms with van der Waals surface area (Å²) in [6.45, 7) is 0.271. The molecule has 5 heteroatoms. The maximum absolute atomic E-state index is 12.7. The molecule has 1 aromatic heterocycles. The van der Waals surface area contributed by atoms with Crippen LogP contribution >= 0.6 is 0 Å². The SMILES string of the molecule is NCC#Cc1ccc(C(=O)Nc2ccc(F)cc2)nc1. The van der Waals surface area contributed by atoms with Crippen LogP contribution in [0.1, 0.15) is 16.1 Å². The predicted molar refractivity (Wildman–Crippen MR) is 74.5 cm³/mol. The quantitative estimate of drug-likeness (QED) is 0.817. The highest BCUT2D eigenvalue weighted by atomic mass is 19.1. The topological polar surface area (TPSA) is 68.0 Å². The zero-order chi connectivity index (χ0) is 14.4. The van der Waals surface area contributed by atoms with E-state index in [2.05, 4.69) is 22.1 Å². The molecule has 0 atom stereocenters. The number of carbonyl (C=O) groups is 1. The summed E-state index contributed by atoms with van der Waals surface area (Å²) in [5.74, 6) is 4.79. The largest absolute Gasteiger partial charge is 0.321 e. The van der Waals surface area contributed by atoms with Crippen molar-refractivity contribution in [2.75, 3.05) is 11.9 Å². The molecule has 2 rings (SSSR count). The average Bonchev–Trinajstić information content (AvgIpc) is 2.48. The molecule has 0 aliphatic heterocycles. The normalized spacial score (nSPS) is 9.50. The first kappa shape index (κ1) is 13.7. The maximum Gasteiger partial charge on any atom is 0.274 e. The van der Waals surface area contributed by atoms with Crippen LogP contribution in [0.2, 0.25) is 0 Å². The van der Waals surface area contributed by atoms with Crippen molar-refractivity contribution in [2.45, 2.75) is 0 Å². The van der Waals surface area contributed by atoms with Crippen molar-refractivity contribution in [3.63, 3.8) is 0 Å². The fraction of sp³-hybridized carbons (Fsp3) is 0.0667. The van der Waals surface area contributed by atoms with Crippen molar-refractivity contribution < 1.29 is 9.18 Å². The van der Waals surface area contributed by atoms with Crippen LogP contribution in [-0.4, -0.2) is 17.4 Å². The highest BCUT2D eigenvalue weighted by molar-refractivity contribution is 6.02. The van der Waals surface area contributed by atoms with Crippen molar-refractivity contribution >= 4 is 11.6 Å². The van der Waals surface area contributed by atoms with Gasteiger partial charge in [-0.05, 0) is 36.4 Å². The maximum atomic E-state index is 12.7. The molecule has 3 N–H and O–H groups in total. The molecular formula is C15H12FN3O. The summed E-state index contributed by atoms with van der Waals surface area (Å²) >= 11 is 0. The van der Waals surface area contributed by atoms with E-state index in [1.54, 1.807) is 12.1 Å². The third kappa shape index (κ3) is 3.64. The third-order valence-corrected chi connectivity index (χ3v) is 2.43. The Kier molecular flexibility index (Phi) is 4.43. The van der Waals surface area contributed by atoms with E-state index in [1.165, 1.54) is 30.5 Å². The van der Waals surface area contributed by atoms with Gasteiger partial charge in [-0.1, -0.05) is 11.8 Å². The summed E-state index contributed by atoms with van der Waals surface area (Å²) in [6.07, 6.45) is 1.50. The fourth-order valence-corrected chi connectivity index (χ4v) is 1.48. The number of hydrogen-bond acceptors (Lipinski definition) is 3. The number of rotatable bonds is 2. The van der Waals surface area contributed by atoms with Crippen molar-refractivity contribution in [3.8, 4) is 11.8 Å². The van der Waals surface area contributed by atoms with Crippen molar-refractivity contribution in [1.82, 2.24) is 4.98 Å². The van der Waals surface area contributed by atoms with Gasteiger partial charge in [-0.25, -0.2) is 9.37 Å². The van der Waals surface area contributed by atoms with Gasteiger partial charge in [0, 0.05) is 17.4 Å². The first-order valence-electron chi connectivity index (χ1n) is 5.91. The predicted octanol–water partition coefficient (Wildman–Crippen LogP) is 1.78. The highest BCUT2D eigenvalue weighted by Crippen LogP contribution is 2.10. The van der Waals surface area contributed by atoms with Gasteiger partial charge in [0.05, 0.1) is 6.54 Å². The van der Waals surface area contributed by atoms with E-state index in [-0.39, 0.29) is 24.0 Å². The molecule has 0 bridgehead atoms. The average molecular weight is 269 g/mol. The number of carbonyl (C=O) groups excluding carboxylic acids is 1. The van der Waals surface area contributed by atoms with Gasteiger partial charge in [0.1, 0.15) is 11.5 Å². The van der Waals surface area contributed by atoms with Gasteiger partial charge in [-0.2, -0.15) is 0 Å². The van der Waals surface area contributed by atoms with E-state index in [1.807, 2.05) is 0 Å². The van der Waals surface area contributed by atoms with Crippen molar-refractivity contribution in [3.05, 3.63) is 59.7 Å². The summed E-state index contributed by atoms with van der Waals surface area (Å²) < 4.78 is 12.7. The van der Waals surface area contributed by atoms with Gasteiger partial charge < -0.3 is 11.1 Å². The minimum atomic E-state index is -0.366. The minimum Gasteiger partial charge on any atom is -0.321 e. The second kappa shape index (κ2) is 6.45. The Balaban J connectivity index is 2.07. The van der Waals surface area contributed by atoms with Crippen LogP contribution in [0.15, 0.2) is 42.6 Å². The lowest BCUT2D eigenvalue weighted by Gasteiger charge is -2.04. The Morgan fingerprint density at radius 2 is 2.00 bits per heavy atom. The second-order valence-electron chi connectivity index (χ2n) is 3.90. The molecule has 0 aliphatic rings. The summed E-state index contributed by atoms with van der Waals surface area (Å²) in [6, 6.07) is 8.76. The molecule has 20 heavy (non-hydrogen) atoms. The number of nitrogens with zero attached hydrogens (tertiary/aromatic N) is 1. The van der Waals surface area contributed by atoms with E-state index in [9.17, 15) is 9.18 Å². The Morgan fingerprint density at radius 1 is 1.25 bits per heavy atom. The Bertz CT molecular complexity index is 654. The van der Waals surface area contributed by atoms with Gasteiger partial charge in [-0.3, -0.25) is 4.79 Å². The molecule has 0 fully saturated rings. The number of anilines is 1. The van der Waals surface area contributed by atoms with Crippen LogP contribution in [0.3, 0.4) is 0 Å². The molecule has 1 amide bonds. The molecule has 4 nitrogen and oxygen atoms in total. The first-order chi connectivity index (χ1) is 9.69. The van der Waals surface area contributed by atoms with Crippen LogP contribution in [0.5, 0.6) is 0 Å². The molecule has 1 heterocycles. The molecule has 0 spiro atoms. The number of benzene rings is 1. The number of aromatic nitrogens is 1. The zero-order valence-electron chi connectivity index (χ0n) is 10.6. The minimum absolute atomic E-state index is 0.257. The summed E-state index contributed by atoms with van der Waals surface area (Å²) in [7, 11) is 0. The molecule has 1 aromatic carbocycles. The van der Waals surface area contributed by atoms with Crippen LogP contribution in [-0.2, 0) is 0 Å². The number of nitrogens with two attached hydrogens (primary N) is 1. The third-order valence-electron chi connectivity index (χ3n) is 2.43. The lowest BCUT2D eigenvalue weighted by molar-refractivity contribution is 0.102. The van der Waals surface area contributed by atoms with Crippen molar-refractivity contribution in [1.29, 1.82) is 0 Å². The number of halogens is 1. The summed E-state index contributed by atoms with van der Waals surface area (Å²) in [5, 5.41) is 2.62. The number of pyridine rings is 1. The van der Waals surface area contributed by atoms with E-state index < -0.39 is 0 Å². The second-order valence-corrected chi connectivity index (χ2v) is 3.90. The molecule has 0 radical (unpaired) electrons. The van der Waals surface area contributed by atoms with Gasteiger partial charge >= 0.3 is 0 Å². The van der Waals surface area contributed by atoms with E-state index in [0.29, 0.717) is 11.3 Å². The highest BCUT2D eigenvalue weighted by Gasteiger charge is 2.07. The number of hydrogen-bond donors (Lipinski definition) is 2. The number of nitrogens with one attached hydrogen (secondary N) is 1.